The lowest BCUT2D eigenvalue weighted by Gasteiger charge is -2.30. The topological polar surface area (TPSA) is 43.6 Å². The molecule has 0 aliphatic heterocycles. The summed E-state index contributed by atoms with van der Waals surface area (Å²) in [6.07, 6.45) is 0. The minimum Gasteiger partial charge on any atom is -0.277 e. The Morgan fingerprint density at radius 2 is 0.691 bits per heavy atom. The summed E-state index contributed by atoms with van der Waals surface area (Å²) in [5, 5.41) is 2.27. The van der Waals surface area contributed by atoms with Crippen LogP contribution in [0, 0.1) is 0 Å². The summed E-state index contributed by atoms with van der Waals surface area (Å²) in [6.45, 7) is 0. The summed E-state index contributed by atoms with van der Waals surface area (Å²) in [5.74, 6) is 1.78. The van der Waals surface area contributed by atoms with Gasteiger partial charge in [0.1, 0.15) is 0 Å². The van der Waals surface area contributed by atoms with Crippen molar-refractivity contribution in [2.24, 2.45) is 0 Å². The van der Waals surface area contributed by atoms with Crippen LogP contribution in [0.3, 0.4) is 0 Å². The largest absolute Gasteiger partial charge is 0.277 e. The fourth-order valence-corrected chi connectivity index (χ4v) is 11.3. The molecule has 10 aromatic carbocycles. The molecule has 0 amide bonds. The van der Waals surface area contributed by atoms with Crippen molar-refractivity contribution in [1.29, 1.82) is 0 Å². The summed E-state index contributed by atoms with van der Waals surface area (Å²) in [6, 6.07) is 87.5. The van der Waals surface area contributed by atoms with Gasteiger partial charge in [0.25, 0.3) is 0 Å². The number of fused-ring (bicyclic) bond motifs is 13. The molecule has 0 atom stereocenters. The number of para-hydroxylation sites is 2. The van der Waals surface area contributed by atoms with Gasteiger partial charge in [-0.1, -0.05) is 231 Å². The van der Waals surface area contributed by atoms with Crippen molar-refractivity contribution >= 4 is 21.8 Å². The van der Waals surface area contributed by atoms with Crippen LogP contribution in [0.1, 0.15) is 22.3 Å². The van der Waals surface area contributed by atoms with Crippen molar-refractivity contribution in [3.63, 3.8) is 0 Å². The summed E-state index contributed by atoms with van der Waals surface area (Å²) < 4.78 is 2.27. The minimum absolute atomic E-state index is 0.458. The van der Waals surface area contributed by atoms with E-state index in [1.54, 1.807) is 0 Å². The molecular formula is C64H40N4. The monoisotopic (exact) mass is 864 g/mol. The Morgan fingerprint density at radius 1 is 0.279 bits per heavy atom. The third-order valence-electron chi connectivity index (χ3n) is 14.3. The molecule has 1 spiro atoms. The molecule has 0 bridgehead atoms. The van der Waals surface area contributed by atoms with Crippen LogP contribution in [-0.2, 0) is 5.41 Å². The van der Waals surface area contributed by atoms with Gasteiger partial charge >= 0.3 is 0 Å². The molecule has 4 heteroatoms. The number of rotatable bonds is 6. The standard InChI is InChI=1S/C64H40N4/c1-3-16-41(17-4-1)43-30-34-45(35-31-43)61-65-62(46-36-32-44(33-37-46)42-18-5-2-6-19-42)67-63(66-61)68-59-29-14-10-23-53(59)54-25-15-24-48(60(54)68)47-38-39-52-51-22-9-13-28-57(51)64(58(52)40-47)55-26-11-7-20-49(55)50-21-8-12-27-56(50)64/h1-40H. The van der Waals surface area contributed by atoms with Gasteiger partial charge in [0.2, 0.25) is 5.95 Å². The lowest BCUT2D eigenvalue weighted by Crippen LogP contribution is -2.25. The van der Waals surface area contributed by atoms with Gasteiger partial charge in [0, 0.05) is 27.5 Å². The molecule has 0 fully saturated rings. The van der Waals surface area contributed by atoms with Gasteiger partial charge in [-0.25, -0.2) is 4.98 Å². The first-order chi connectivity index (χ1) is 33.7. The Bertz CT molecular complexity index is 3780. The number of aromatic nitrogens is 4. The molecule has 2 aromatic heterocycles. The Balaban J connectivity index is 0.998. The summed E-state index contributed by atoms with van der Waals surface area (Å²) in [4.78, 5) is 16.0. The Morgan fingerprint density at radius 3 is 1.25 bits per heavy atom. The SMILES string of the molecule is c1ccc(-c2ccc(-c3nc(-c4ccc(-c5ccccc5)cc4)nc(-n4c5ccccc5c5cccc(-c6ccc7c(c6)C6(c8ccccc8-c8ccccc86)c6ccccc6-7)c54)n3)cc2)cc1. The maximum absolute atomic E-state index is 5.41. The van der Waals surface area contributed by atoms with Gasteiger partial charge in [-0.15, -0.1) is 0 Å². The normalized spacial score (nSPS) is 12.8. The molecule has 0 N–H and O–H groups in total. The minimum atomic E-state index is -0.458. The highest BCUT2D eigenvalue weighted by Gasteiger charge is 2.51. The zero-order valence-electron chi connectivity index (χ0n) is 36.9. The van der Waals surface area contributed by atoms with Crippen LogP contribution in [0.5, 0.6) is 0 Å². The number of hydrogen-bond donors (Lipinski definition) is 0. The van der Waals surface area contributed by atoms with Crippen molar-refractivity contribution in [2.45, 2.75) is 5.41 Å². The van der Waals surface area contributed by atoms with E-state index in [0.29, 0.717) is 17.6 Å². The molecule has 14 rings (SSSR count). The van der Waals surface area contributed by atoms with Crippen molar-refractivity contribution in [2.75, 3.05) is 0 Å². The maximum atomic E-state index is 5.41. The predicted molar refractivity (Wildman–Crippen MR) is 278 cm³/mol. The zero-order valence-corrected chi connectivity index (χ0v) is 36.9. The molecule has 2 heterocycles. The second-order valence-electron chi connectivity index (χ2n) is 17.9. The second-order valence-corrected chi connectivity index (χ2v) is 17.9. The molecule has 4 nitrogen and oxygen atoms in total. The van der Waals surface area contributed by atoms with E-state index in [-0.39, 0.29) is 0 Å². The van der Waals surface area contributed by atoms with Crippen LogP contribution in [0.25, 0.3) is 106 Å². The van der Waals surface area contributed by atoms with Crippen molar-refractivity contribution < 1.29 is 0 Å². The fraction of sp³-hybridized carbons (Fsp3) is 0.0156. The first kappa shape index (κ1) is 38.3. The van der Waals surface area contributed by atoms with Gasteiger partial charge in [0.05, 0.1) is 16.4 Å². The number of nitrogens with zero attached hydrogens (tertiary/aromatic N) is 4. The average molecular weight is 865 g/mol. The third kappa shape index (κ3) is 5.64. The lowest BCUT2D eigenvalue weighted by molar-refractivity contribution is 0.794. The highest BCUT2D eigenvalue weighted by Crippen LogP contribution is 2.63. The Hall–Kier alpha value is -8.99. The highest BCUT2D eigenvalue weighted by molar-refractivity contribution is 6.14. The van der Waals surface area contributed by atoms with Gasteiger partial charge in [-0.05, 0) is 84.5 Å². The van der Waals surface area contributed by atoms with Crippen molar-refractivity contribution in [1.82, 2.24) is 19.5 Å². The predicted octanol–water partition coefficient (Wildman–Crippen LogP) is 15.6. The number of hydrogen-bond acceptors (Lipinski definition) is 3. The Kier molecular flexibility index (Phi) is 8.46. The molecule has 2 aliphatic rings. The summed E-state index contributed by atoms with van der Waals surface area (Å²) in [5.41, 5.74) is 20.7. The van der Waals surface area contributed by atoms with Crippen LogP contribution >= 0.6 is 0 Å². The molecular weight excluding hydrogens is 825 g/mol. The lowest BCUT2D eigenvalue weighted by atomic mass is 9.70. The maximum Gasteiger partial charge on any atom is 0.238 e. The van der Waals surface area contributed by atoms with Gasteiger partial charge < -0.3 is 0 Å². The van der Waals surface area contributed by atoms with Crippen molar-refractivity contribution in [3.05, 3.63) is 265 Å². The molecule has 0 saturated carbocycles. The van der Waals surface area contributed by atoms with E-state index in [1.807, 2.05) is 12.1 Å². The Labute approximate surface area is 394 Å². The fourth-order valence-electron chi connectivity index (χ4n) is 11.3. The van der Waals surface area contributed by atoms with Crippen LogP contribution in [0.15, 0.2) is 243 Å². The zero-order chi connectivity index (χ0) is 44.8. The average Bonchev–Trinajstić information content (AvgIpc) is 4.03. The third-order valence-corrected chi connectivity index (χ3v) is 14.3. The molecule has 0 unspecified atom stereocenters. The van der Waals surface area contributed by atoms with Crippen LogP contribution in [0.2, 0.25) is 0 Å². The molecule has 68 heavy (non-hydrogen) atoms. The van der Waals surface area contributed by atoms with E-state index in [4.69, 9.17) is 15.0 Å². The molecule has 2 aliphatic carbocycles. The van der Waals surface area contributed by atoms with E-state index in [1.165, 1.54) is 44.5 Å². The van der Waals surface area contributed by atoms with Gasteiger partial charge in [0.15, 0.2) is 11.6 Å². The molecule has 0 radical (unpaired) electrons. The van der Waals surface area contributed by atoms with E-state index >= 15 is 0 Å². The van der Waals surface area contributed by atoms with E-state index in [0.717, 1.165) is 66.3 Å². The number of benzene rings is 10. The van der Waals surface area contributed by atoms with E-state index < -0.39 is 5.41 Å². The van der Waals surface area contributed by atoms with E-state index in [2.05, 4.69) is 235 Å². The smallest absolute Gasteiger partial charge is 0.238 e. The highest BCUT2D eigenvalue weighted by atomic mass is 15.2. The van der Waals surface area contributed by atoms with Crippen LogP contribution in [0.4, 0.5) is 0 Å². The van der Waals surface area contributed by atoms with Crippen LogP contribution in [-0.4, -0.2) is 19.5 Å². The summed E-state index contributed by atoms with van der Waals surface area (Å²) in [7, 11) is 0. The molecule has 316 valence electrons. The molecule has 0 saturated heterocycles. The first-order valence-corrected chi connectivity index (χ1v) is 23.3. The second kappa shape index (κ2) is 15.0. The quantitative estimate of drug-likeness (QED) is 0.167. The molecule has 12 aromatic rings. The van der Waals surface area contributed by atoms with Crippen LogP contribution < -0.4 is 0 Å². The van der Waals surface area contributed by atoms with E-state index in [9.17, 15) is 0 Å². The van der Waals surface area contributed by atoms with Gasteiger partial charge in [-0.2, -0.15) is 9.97 Å². The van der Waals surface area contributed by atoms with Crippen molar-refractivity contribution in [3.8, 4) is 84.4 Å². The summed E-state index contributed by atoms with van der Waals surface area (Å²) >= 11 is 0. The first-order valence-electron chi connectivity index (χ1n) is 23.3. The van der Waals surface area contributed by atoms with Gasteiger partial charge in [-0.3, -0.25) is 4.57 Å².